The zero-order valence-electron chi connectivity index (χ0n) is 17.0. The van der Waals surface area contributed by atoms with Crippen molar-refractivity contribution in [2.45, 2.75) is 19.9 Å². The van der Waals surface area contributed by atoms with Crippen LogP contribution in [0.4, 0.5) is 4.39 Å². The van der Waals surface area contributed by atoms with Crippen molar-refractivity contribution in [3.05, 3.63) is 59.0 Å². The standard InChI is InChI=1S/C22H23FN2O4/c1-12-8-15(23)10-16-19(28-4)11-17(25-21(12)16)22(26)24-13(2)14-6-7-18(27-3)20(9-14)29-5/h6-11,13H,1-5H3,(H,24,26). The van der Waals surface area contributed by atoms with Gasteiger partial charge in [-0.15, -0.1) is 0 Å². The second-order valence-electron chi connectivity index (χ2n) is 6.64. The van der Waals surface area contributed by atoms with E-state index in [1.54, 1.807) is 27.2 Å². The van der Waals surface area contributed by atoms with E-state index in [1.807, 2.05) is 19.1 Å². The van der Waals surface area contributed by atoms with E-state index in [9.17, 15) is 9.18 Å². The van der Waals surface area contributed by atoms with Gasteiger partial charge < -0.3 is 19.5 Å². The lowest BCUT2D eigenvalue weighted by atomic mass is 10.1. The lowest BCUT2D eigenvalue weighted by Gasteiger charge is -2.17. The first kappa shape index (κ1) is 20.4. The molecule has 0 spiro atoms. The summed E-state index contributed by atoms with van der Waals surface area (Å²) in [5.74, 6) is 0.833. The molecule has 3 aromatic rings. The minimum absolute atomic E-state index is 0.191. The first-order chi connectivity index (χ1) is 13.9. The molecule has 0 aliphatic carbocycles. The molecular formula is C22H23FN2O4. The second-order valence-corrected chi connectivity index (χ2v) is 6.64. The Hall–Kier alpha value is -3.35. The van der Waals surface area contributed by atoms with Gasteiger partial charge in [-0.2, -0.15) is 0 Å². The number of ether oxygens (including phenoxy) is 3. The molecule has 0 fully saturated rings. The quantitative estimate of drug-likeness (QED) is 0.674. The monoisotopic (exact) mass is 398 g/mol. The Morgan fingerprint density at radius 3 is 2.34 bits per heavy atom. The molecule has 1 amide bonds. The lowest BCUT2D eigenvalue weighted by Crippen LogP contribution is -2.27. The van der Waals surface area contributed by atoms with E-state index in [0.717, 1.165) is 5.56 Å². The number of fused-ring (bicyclic) bond motifs is 1. The van der Waals surface area contributed by atoms with Crippen LogP contribution in [-0.4, -0.2) is 32.2 Å². The van der Waals surface area contributed by atoms with Gasteiger partial charge in [0.05, 0.1) is 32.9 Å². The molecule has 1 aromatic heterocycles. The summed E-state index contributed by atoms with van der Waals surface area (Å²) in [5.41, 5.74) is 2.19. The Bertz CT molecular complexity index is 1070. The summed E-state index contributed by atoms with van der Waals surface area (Å²) in [4.78, 5) is 17.3. The van der Waals surface area contributed by atoms with Crippen LogP contribution in [0.2, 0.25) is 0 Å². The van der Waals surface area contributed by atoms with Crippen molar-refractivity contribution < 1.29 is 23.4 Å². The van der Waals surface area contributed by atoms with Gasteiger partial charge in [-0.25, -0.2) is 9.37 Å². The number of aryl methyl sites for hydroxylation is 1. The molecule has 3 rings (SSSR count). The van der Waals surface area contributed by atoms with Gasteiger partial charge in [-0.1, -0.05) is 6.07 Å². The average molecular weight is 398 g/mol. The average Bonchev–Trinajstić information content (AvgIpc) is 2.72. The number of halogens is 1. The Morgan fingerprint density at radius 1 is 1.00 bits per heavy atom. The topological polar surface area (TPSA) is 69.7 Å². The highest BCUT2D eigenvalue weighted by molar-refractivity contribution is 5.98. The number of nitrogens with zero attached hydrogens (tertiary/aromatic N) is 1. The van der Waals surface area contributed by atoms with Crippen molar-refractivity contribution in [2.75, 3.05) is 21.3 Å². The number of nitrogens with one attached hydrogen (secondary N) is 1. The van der Waals surface area contributed by atoms with Crippen LogP contribution in [0.15, 0.2) is 36.4 Å². The number of hydrogen-bond acceptors (Lipinski definition) is 5. The van der Waals surface area contributed by atoms with Crippen molar-refractivity contribution >= 4 is 16.8 Å². The fraction of sp³-hybridized carbons (Fsp3) is 0.273. The van der Waals surface area contributed by atoms with E-state index in [2.05, 4.69) is 10.3 Å². The van der Waals surface area contributed by atoms with Crippen LogP contribution >= 0.6 is 0 Å². The van der Waals surface area contributed by atoms with E-state index in [0.29, 0.717) is 33.7 Å². The minimum Gasteiger partial charge on any atom is -0.496 e. The summed E-state index contributed by atoms with van der Waals surface area (Å²) in [7, 11) is 4.60. The number of aromatic nitrogens is 1. The van der Waals surface area contributed by atoms with Crippen LogP contribution in [0.3, 0.4) is 0 Å². The van der Waals surface area contributed by atoms with Crippen molar-refractivity contribution in [1.82, 2.24) is 10.3 Å². The van der Waals surface area contributed by atoms with Crippen LogP contribution in [0.25, 0.3) is 10.9 Å². The third-order valence-corrected chi connectivity index (χ3v) is 4.74. The zero-order valence-corrected chi connectivity index (χ0v) is 17.0. The van der Waals surface area contributed by atoms with E-state index in [1.165, 1.54) is 25.3 Å². The van der Waals surface area contributed by atoms with E-state index >= 15 is 0 Å². The highest BCUT2D eigenvalue weighted by Gasteiger charge is 2.18. The first-order valence-electron chi connectivity index (χ1n) is 9.05. The fourth-order valence-electron chi connectivity index (χ4n) is 3.19. The molecule has 152 valence electrons. The Kier molecular flexibility index (Phi) is 5.87. The largest absolute Gasteiger partial charge is 0.496 e. The van der Waals surface area contributed by atoms with Gasteiger partial charge in [0.25, 0.3) is 5.91 Å². The summed E-state index contributed by atoms with van der Waals surface area (Å²) < 4.78 is 29.7. The molecule has 6 nitrogen and oxygen atoms in total. The molecule has 0 aliphatic heterocycles. The maximum absolute atomic E-state index is 13.8. The number of pyridine rings is 1. The van der Waals surface area contributed by atoms with Gasteiger partial charge in [0.1, 0.15) is 17.3 Å². The highest BCUT2D eigenvalue weighted by atomic mass is 19.1. The molecule has 7 heteroatoms. The highest BCUT2D eigenvalue weighted by Crippen LogP contribution is 2.31. The van der Waals surface area contributed by atoms with Crippen molar-refractivity contribution in [1.29, 1.82) is 0 Å². The number of methoxy groups -OCH3 is 3. The van der Waals surface area contributed by atoms with Crippen molar-refractivity contribution in [2.24, 2.45) is 0 Å². The van der Waals surface area contributed by atoms with E-state index in [-0.39, 0.29) is 23.5 Å². The predicted molar refractivity (Wildman–Crippen MR) is 108 cm³/mol. The molecule has 0 saturated heterocycles. The fourth-order valence-corrected chi connectivity index (χ4v) is 3.19. The number of benzene rings is 2. The van der Waals surface area contributed by atoms with Gasteiger partial charge in [0.2, 0.25) is 0 Å². The summed E-state index contributed by atoms with van der Waals surface area (Å²) in [6.07, 6.45) is 0. The summed E-state index contributed by atoms with van der Waals surface area (Å²) in [6.45, 7) is 3.60. The van der Waals surface area contributed by atoms with Crippen LogP contribution in [0.1, 0.15) is 34.6 Å². The molecule has 1 unspecified atom stereocenters. The van der Waals surface area contributed by atoms with Crippen molar-refractivity contribution in [3.8, 4) is 17.2 Å². The first-order valence-corrected chi connectivity index (χ1v) is 9.05. The minimum atomic E-state index is -0.380. The second kappa shape index (κ2) is 8.34. The van der Waals surface area contributed by atoms with Gasteiger partial charge in [-0.3, -0.25) is 4.79 Å². The third kappa shape index (κ3) is 4.08. The number of hydrogen-bond donors (Lipinski definition) is 1. The summed E-state index contributed by atoms with van der Waals surface area (Å²) in [5, 5.41) is 3.44. The lowest BCUT2D eigenvalue weighted by molar-refractivity contribution is 0.0935. The smallest absolute Gasteiger partial charge is 0.270 e. The molecule has 1 atom stereocenters. The Balaban J connectivity index is 1.91. The number of rotatable bonds is 6. The van der Waals surface area contributed by atoms with Crippen LogP contribution in [-0.2, 0) is 0 Å². The molecular weight excluding hydrogens is 375 g/mol. The molecule has 0 aliphatic rings. The van der Waals surface area contributed by atoms with Crippen LogP contribution in [0.5, 0.6) is 17.2 Å². The number of carbonyl (C=O) groups excluding carboxylic acids is 1. The molecule has 1 N–H and O–H groups in total. The van der Waals surface area contributed by atoms with Gasteiger partial charge >= 0.3 is 0 Å². The number of carbonyl (C=O) groups is 1. The maximum Gasteiger partial charge on any atom is 0.270 e. The zero-order chi connectivity index (χ0) is 21.1. The molecule has 0 saturated carbocycles. The SMILES string of the molecule is COc1ccc(C(C)NC(=O)c2cc(OC)c3cc(F)cc(C)c3n2)cc1OC. The molecule has 2 aromatic carbocycles. The van der Waals surface area contributed by atoms with Gasteiger partial charge in [-0.05, 0) is 49.2 Å². The molecule has 1 heterocycles. The summed E-state index contributed by atoms with van der Waals surface area (Å²) in [6, 6.07) is 9.38. The normalized spacial score (nSPS) is 11.8. The Labute approximate surface area is 168 Å². The number of amides is 1. The molecule has 0 bridgehead atoms. The summed E-state index contributed by atoms with van der Waals surface area (Å²) >= 11 is 0. The maximum atomic E-state index is 13.8. The van der Waals surface area contributed by atoms with E-state index < -0.39 is 0 Å². The van der Waals surface area contributed by atoms with Gasteiger partial charge in [0.15, 0.2) is 11.5 Å². The molecule has 29 heavy (non-hydrogen) atoms. The Morgan fingerprint density at radius 2 is 1.69 bits per heavy atom. The van der Waals surface area contributed by atoms with Gasteiger partial charge in [0, 0.05) is 11.5 Å². The van der Waals surface area contributed by atoms with Crippen LogP contribution < -0.4 is 19.5 Å². The predicted octanol–water partition coefficient (Wildman–Crippen LogP) is 4.20. The molecule has 0 radical (unpaired) electrons. The van der Waals surface area contributed by atoms with Crippen LogP contribution in [0, 0.1) is 12.7 Å². The third-order valence-electron chi connectivity index (χ3n) is 4.74. The van der Waals surface area contributed by atoms with E-state index in [4.69, 9.17) is 14.2 Å². The van der Waals surface area contributed by atoms with Crippen molar-refractivity contribution in [3.63, 3.8) is 0 Å².